The summed E-state index contributed by atoms with van der Waals surface area (Å²) in [5.74, 6) is 0.175. The zero-order chi connectivity index (χ0) is 22.7. The summed E-state index contributed by atoms with van der Waals surface area (Å²) < 4.78 is 12.5. The first-order valence-corrected chi connectivity index (χ1v) is 10.6. The van der Waals surface area contributed by atoms with Crippen LogP contribution in [0.1, 0.15) is 28.7 Å². The molecule has 0 atom stereocenters. The second-order valence-electron chi connectivity index (χ2n) is 7.67. The fraction of sp³-hybridized carbons (Fsp3) is 0.348. The van der Waals surface area contributed by atoms with Gasteiger partial charge in [0.2, 0.25) is 5.82 Å². The molecule has 1 saturated heterocycles. The lowest BCUT2D eigenvalue weighted by molar-refractivity contribution is 0.0342. The van der Waals surface area contributed by atoms with E-state index in [-0.39, 0.29) is 11.6 Å². The number of hydrogen-bond acceptors (Lipinski definition) is 7. The van der Waals surface area contributed by atoms with Gasteiger partial charge in [0.1, 0.15) is 11.5 Å². The maximum Gasteiger partial charge on any atom is 0.287 e. The molecule has 1 amide bonds. The van der Waals surface area contributed by atoms with Crippen LogP contribution in [0.25, 0.3) is 17.1 Å². The molecule has 1 aliphatic rings. The van der Waals surface area contributed by atoms with Crippen LogP contribution < -0.4 is 10.5 Å². The smallest absolute Gasteiger partial charge is 0.287 e. The number of carbonyl (C=O) groups excluding carboxylic acids is 1. The van der Waals surface area contributed by atoms with Crippen LogP contribution in [0.4, 0.5) is 0 Å². The van der Waals surface area contributed by atoms with Crippen molar-refractivity contribution in [3.05, 3.63) is 53.3 Å². The average Bonchev–Trinajstić information content (AvgIpc) is 3.23. The van der Waals surface area contributed by atoms with E-state index in [1.54, 1.807) is 16.7 Å². The Hall–Kier alpha value is -3.43. The van der Waals surface area contributed by atoms with Crippen molar-refractivity contribution in [1.82, 2.24) is 19.7 Å². The zero-order valence-electron chi connectivity index (χ0n) is 18.2. The Morgan fingerprint density at radius 2 is 1.91 bits per heavy atom. The lowest BCUT2D eigenvalue weighted by Crippen LogP contribution is -2.35. The molecule has 0 aliphatic carbocycles. The van der Waals surface area contributed by atoms with E-state index in [0.717, 1.165) is 44.0 Å². The van der Waals surface area contributed by atoms with Crippen LogP contribution in [0.15, 0.2) is 36.4 Å². The molecule has 0 bridgehead atoms. The third-order valence-corrected chi connectivity index (χ3v) is 5.42. The molecule has 1 fully saturated rings. The fourth-order valence-corrected chi connectivity index (χ4v) is 3.80. The monoisotopic (exact) mass is 437 g/mol. The van der Waals surface area contributed by atoms with Gasteiger partial charge in [0, 0.05) is 31.4 Å². The number of phenols is 1. The maximum absolute atomic E-state index is 12.1. The molecule has 0 spiro atoms. The topological polar surface area (TPSA) is 116 Å². The maximum atomic E-state index is 12.1. The second-order valence-corrected chi connectivity index (χ2v) is 7.67. The average molecular weight is 438 g/mol. The molecule has 9 heteroatoms. The number of nitrogens with two attached hydrogens (primary N) is 1. The lowest BCUT2D eigenvalue weighted by Gasteiger charge is -2.26. The van der Waals surface area contributed by atoms with Crippen molar-refractivity contribution in [1.29, 1.82) is 0 Å². The molecular weight excluding hydrogens is 410 g/mol. The number of aromatic hydroxyl groups is 1. The van der Waals surface area contributed by atoms with Crippen LogP contribution in [0.2, 0.25) is 0 Å². The van der Waals surface area contributed by atoms with E-state index in [1.165, 1.54) is 0 Å². The third kappa shape index (κ3) is 4.44. The Morgan fingerprint density at radius 3 is 2.56 bits per heavy atom. The first kappa shape index (κ1) is 21.8. The van der Waals surface area contributed by atoms with Crippen molar-refractivity contribution in [3.8, 4) is 28.6 Å². The molecule has 168 valence electrons. The molecule has 2 aromatic carbocycles. The Bertz CT molecular complexity index is 1100. The number of benzene rings is 2. The van der Waals surface area contributed by atoms with Gasteiger partial charge in [0.05, 0.1) is 25.4 Å². The first-order chi connectivity index (χ1) is 15.5. The van der Waals surface area contributed by atoms with E-state index < -0.39 is 5.91 Å². The van der Waals surface area contributed by atoms with Crippen LogP contribution >= 0.6 is 0 Å². The van der Waals surface area contributed by atoms with Crippen molar-refractivity contribution < 1.29 is 19.4 Å². The summed E-state index contributed by atoms with van der Waals surface area (Å²) >= 11 is 0. The number of aromatic nitrogens is 3. The fourth-order valence-electron chi connectivity index (χ4n) is 3.80. The van der Waals surface area contributed by atoms with Gasteiger partial charge < -0.3 is 20.3 Å². The normalized spacial score (nSPS) is 14.4. The highest BCUT2D eigenvalue weighted by Gasteiger charge is 2.22. The minimum atomic E-state index is -0.705. The molecule has 32 heavy (non-hydrogen) atoms. The van der Waals surface area contributed by atoms with Crippen LogP contribution in [-0.2, 0) is 11.3 Å². The molecule has 4 rings (SSSR count). The predicted molar refractivity (Wildman–Crippen MR) is 119 cm³/mol. The summed E-state index contributed by atoms with van der Waals surface area (Å²) in [7, 11) is 0. The molecule has 9 nitrogen and oxygen atoms in total. The van der Waals surface area contributed by atoms with Crippen molar-refractivity contribution in [2.75, 3.05) is 32.9 Å². The van der Waals surface area contributed by atoms with Gasteiger partial charge in [-0.2, -0.15) is 0 Å². The number of morpholine rings is 1. The zero-order valence-corrected chi connectivity index (χ0v) is 18.2. The van der Waals surface area contributed by atoms with E-state index in [1.807, 2.05) is 38.1 Å². The molecule has 3 aromatic rings. The van der Waals surface area contributed by atoms with Crippen LogP contribution in [0.5, 0.6) is 11.5 Å². The van der Waals surface area contributed by atoms with Gasteiger partial charge in [-0.25, -0.2) is 0 Å². The van der Waals surface area contributed by atoms with Gasteiger partial charge >= 0.3 is 0 Å². The number of primary amides is 1. The molecule has 1 aliphatic heterocycles. The standard InChI is InChI=1S/C23H27N5O4/c1-3-32-20-13-19(29)18(12-15(20)2)22-25-26-23(21(24)30)28(22)17-6-4-16(5-7-17)14-27-8-10-31-11-9-27/h4-7,12-13,29H,3,8-11,14H2,1-2H3,(H2,24,30). The summed E-state index contributed by atoms with van der Waals surface area (Å²) in [4.78, 5) is 14.4. The van der Waals surface area contributed by atoms with E-state index in [4.69, 9.17) is 15.2 Å². The number of phenolic OH excluding ortho intramolecular Hbond substituents is 1. The van der Waals surface area contributed by atoms with E-state index >= 15 is 0 Å². The molecule has 0 unspecified atom stereocenters. The van der Waals surface area contributed by atoms with Crippen molar-refractivity contribution in [2.24, 2.45) is 5.73 Å². The summed E-state index contributed by atoms with van der Waals surface area (Å²) in [6.45, 7) is 8.36. The Morgan fingerprint density at radius 1 is 1.19 bits per heavy atom. The summed E-state index contributed by atoms with van der Waals surface area (Å²) in [5, 5.41) is 18.8. The molecular formula is C23H27N5O4. The molecule has 3 N–H and O–H groups in total. The molecule has 0 radical (unpaired) electrons. The number of amides is 1. The molecule has 2 heterocycles. The van der Waals surface area contributed by atoms with Crippen LogP contribution in [0.3, 0.4) is 0 Å². The minimum absolute atomic E-state index is 0.00753. The van der Waals surface area contributed by atoms with Gasteiger partial charge in [-0.05, 0) is 43.2 Å². The predicted octanol–water partition coefficient (Wildman–Crippen LogP) is 2.28. The second kappa shape index (κ2) is 9.37. The van der Waals surface area contributed by atoms with E-state index in [9.17, 15) is 9.90 Å². The Balaban J connectivity index is 1.71. The lowest BCUT2D eigenvalue weighted by atomic mass is 10.1. The Kier molecular flexibility index (Phi) is 6.38. The number of carbonyl (C=O) groups is 1. The number of rotatable bonds is 7. The quantitative estimate of drug-likeness (QED) is 0.582. The van der Waals surface area contributed by atoms with Crippen LogP contribution in [-0.4, -0.2) is 63.6 Å². The van der Waals surface area contributed by atoms with Gasteiger partial charge in [-0.3, -0.25) is 14.3 Å². The highest BCUT2D eigenvalue weighted by Crippen LogP contribution is 2.35. The minimum Gasteiger partial charge on any atom is -0.507 e. The van der Waals surface area contributed by atoms with Crippen LogP contribution in [0, 0.1) is 6.92 Å². The van der Waals surface area contributed by atoms with Gasteiger partial charge in [-0.15, -0.1) is 10.2 Å². The summed E-state index contributed by atoms with van der Waals surface area (Å²) in [6, 6.07) is 11.1. The summed E-state index contributed by atoms with van der Waals surface area (Å²) in [5.41, 5.74) is 8.65. The first-order valence-electron chi connectivity index (χ1n) is 10.6. The van der Waals surface area contributed by atoms with Gasteiger partial charge in [0.15, 0.2) is 5.82 Å². The van der Waals surface area contributed by atoms with Crippen molar-refractivity contribution in [3.63, 3.8) is 0 Å². The van der Waals surface area contributed by atoms with E-state index in [0.29, 0.717) is 29.4 Å². The molecule has 1 aromatic heterocycles. The number of aryl methyl sites for hydroxylation is 1. The summed E-state index contributed by atoms with van der Waals surface area (Å²) in [6.07, 6.45) is 0. The highest BCUT2D eigenvalue weighted by molar-refractivity contribution is 5.90. The SMILES string of the molecule is CCOc1cc(O)c(-c2nnc(C(N)=O)n2-c2ccc(CN3CCOCC3)cc2)cc1C. The van der Waals surface area contributed by atoms with Gasteiger partial charge in [0.25, 0.3) is 5.91 Å². The Labute approximate surface area is 186 Å². The highest BCUT2D eigenvalue weighted by atomic mass is 16.5. The van der Waals surface area contributed by atoms with Crippen molar-refractivity contribution in [2.45, 2.75) is 20.4 Å². The third-order valence-electron chi connectivity index (χ3n) is 5.42. The largest absolute Gasteiger partial charge is 0.507 e. The van der Waals surface area contributed by atoms with Crippen molar-refractivity contribution >= 4 is 5.91 Å². The molecule has 0 saturated carbocycles. The number of hydrogen-bond donors (Lipinski definition) is 2. The number of nitrogens with zero attached hydrogens (tertiary/aromatic N) is 4. The van der Waals surface area contributed by atoms with E-state index in [2.05, 4.69) is 15.1 Å². The number of ether oxygens (including phenoxy) is 2. The van der Waals surface area contributed by atoms with Gasteiger partial charge in [-0.1, -0.05) is 12.1 Å².